The van der Waals surface area contributed by atoms with Gasteiger partial charge in [0.25, 0.3) is 11.1 Å². The second kappa shape index (κ2) is 4.51. The van der Waals surface area contributed by atoms with Crippen LogP contribution in [0.4, 0.5) is 5.69 Å². The topological polar surface area (TPSA) is 77.8 Å². The fourth-order valence-electron chi connectivity index (χ4n) is 3.13. The summed E-state index contributed by atoms with van der Waals surface area (Å²) in [6.45, 7) is 4.47. The zero-order valence-electron chi connectivity index (χ0n) is 11.7. The average Bonchev–Trinajstić information content (AvgIpc) is 2.73. The summed E-state index contributed by atoms with van der Waals surface area (Å²) in [4.78, 5) is 23.8. The molecule has 106 valence electrons. The van der Waals surface area contributed by atoms with Gasteiger partial charge in [0.2, 0.25) is 0 Å². The minimum atomic E-state index is -0.270. The fraction of sp³-hybridized carbons (Fsp3) is 0.467. The highest BCUT2D eigenvalue weighted by molar-refractivity contribution is 5.92. The van der Waals surface area contributed by atoms with Gasteiger partial charge >= 0.3 is 0 Å². The number of nitrogens with one attached hydrogen (secondary N) is 3. The first-order valence-electron chi connectivity index (χ1n) is 6.99. The van der Waals surface area contributed by atoms with Crippen LogP contribution in [0.25, 0.3) is 10.8 Å². The Hall–Kier alpha value is -2.04. The molecule has 0 spiro atoms. The molecule has 0 bridgehead atoms. The second-order valence-corrected chi connectivity index (χ2v) is 6.21. The van der Waals surface area contributed by atoms with E-state index in [1.54, 1.807) is 12.1 Å². The average molecular weight is 273 g/mol. The van der Waals surface area contributed by atoms with Gasteiger partial charge in [0.15, 0.2) is 0 Å². The molecule has 1 aliphatic rings. The Morgan fingerprint density at radius 1 is 1.20 bits per heavy atom. The first-order chi connectivity index (χ1) is 9.49. The van der Waals surface area contributed by atoms with Crippen molar-refractivity contribution >= 4 is 16.5 Å². The van der Waals surface area contributed by atoms with E-state index in [0.717, 1.165) is 12.1 Å². The number of hydrogen-bond acceptors (Lipinski definition) is 3. The van der Waals surface area contributed by atoms with Crippen molar-refractivity contribution in [2.75, 3.05) is 5.32 Å². The summed E-state index contributed by atoms with van der Waals surface area (Å²) in [5.41, 5.74) is 0.415. The van der Waals surface area contributed by atoms with Crippen molar-refractivity contribution in [3.8, 4) is 0 Å². The molecular weight excluding hydrogens is 254 g/mol. The molecule has 1 aliphatic carbocycles. The summed E-state index contributed by atoms with van der Waals surface area (Å²) in [6, 6.07) is 5.67. The molecule has 1 aromatic carbocycles. The van der Waals surface area contributed by atoms with E-state index in [4.69, 9.17) is 0 Å². The molecule has 1 atom stereocenters. The molecule has 3 rings (SSSR count). The largest absolute Gasteiger partial charge is 0.381 e. The van der Waals surface area contributed by atoms with Crippen molar-refractivity contribution in [1.82, 2.24) is 10.2 Å². The van der Waals surface area contributed by atoms with Crippen molar-refractivity contribution in [1.29, 1.82) is 0 Å². The van der Waals surface area contributed by atoms with Crippen LogP contribution in [-0.4, -0.2) is 16.2 Å². The third-order valence-electron chi connectivity index (χ3n) is 4.41. The molecule has 0 amide bonds. The Morgan fingerprint density at radius 2 is 1.95 bits per heavy atom. The fourth-order valence-corrected chi connectivity index (χ4v) is 3.13. The van der Waals surface area contributed by atoms with E-state index in [1.807, 2.05) is 6.07 Å². The van der Waals surface area contributed by atoms with Gasteiger partial charge < -0.3 is 5.32 Å². The zero-order chi connectivity index (χ0) is 14.3. The summed E-state index contributed by atoms with van der Waals surface area (Å²) in [5, 5.41) is 9.09. The molecule has 3 N–H and O–H groups in total. The van der Waals surface area contributed by atoms with Crippen LogP contribution in [0, 0.1) is 5.41 Å². The van der Waals surface area contributed by atoms with E-state index in [2.05, 4.69) is 29.4 Å². The molecule has 5 heteroatoms. The highest BCUT2D eigenvalue weighted by Gasteiger charge is 2.34. The standard InChI is InChI=1S/C15H19N3O2/c1-15(2)8-4-7-11(15)16-10-6-3-5-9-12(10)14(20)18-17-13(9)19/h3,5-6,11,16H,4,7-8H2,1-2H3,(H,17,19)(H,18,20). The third-order valence-corrected chi connectivity index (χ3v) is 4.41. The highest BCUT2D eigenvalue weighted by atomic mass is 16.1. The molecule has 2 aromatic rings. The molecule has 1 aromatic heterocycles. The number of rotatable bonds is 2. The quantitative estimate of drug-likeness (QED) is 0.785. The lowest BCUT2D eigenvalue weighted by molar-refractivity contribution is 0.350. The van der Waals surface area contributed by atoms with Gasteiger partial charge in [0.05, 0.1) is 10.8 Å². The Labute approximate surface area is 116 Å². The van der Waals surface area contributed by atoms with E-state index in [1.165, 1.54) is 12.8 Å². The lowest BCUT2D eigenvalue weighted by Gasteiger charge is -2.29. The summed E-state index contributed by atoms with van der Waals surface area (Å²) in [7, 11) is 0. The molecule has 1 unspecified atom stereocenters. The molecule has 0 radical (unpaired) electrons. The van der Waals surface area contributed by atoms with Gasteiger partial charge in [-0.3, -0.25) is 19.8 Å². The predicted molar refractivity (Wildman–Crippen MR) is 80.2 cm³/mol. The van der Waals surface area contributed by atoms with Gasteiger partial charge in [-0.15, -0.1) is 0 Å². The van der Waals surface area contributed by atoms with E-state index in [0.29, 0.717) is 16.8 Å². The van der Waals surface area contributed by atoms with Crippen molar-refractivity contribution in [3.63, 3.8) is 0 Å². The first kappa shape index (κ1) is 13.0. The highest BCUT2D eigenvalue weighted by Crippen LogP contribution is 2.39. The van der Waals surface area contributed by atoms with Crippen LogP contribution >= 0.6 is 0 Å². The molecule has 20 heavy (non-hydrogen) atoms. The molecule has 1 heterocycles. The first-order valence-corrected chi connectivity index (χ1v) is 6.99. The van der Waals surface area contributed by atoms with Gasteiger partial charge in [-0.25, -0.2) is 0 Å². The van der Waals surface area contributed by atoms with Crippen LogP contribution in [-0.2, 0) is 0 Å². The van der Waals surface area contributed by atoms with Crippen molar-refractivity contribution < 1.29 is 0 Å². The molecule has 1 fully saturated rings. The maximum absolute atomic E-state index is 12.0. The Bertz CT molecular complexity index is 758. The molecule has 0 aliphatic heterocycles. The normalized spacial score (nSPS) is 21.2. The van der Waals surface area contributed by atoms with Gasteiger partial charge in [0, 0.05) is 11.7 Å². The van der Waals surface area contributed by atoms with E-state index >= 15 is 0 Å². The van der Waals surface area contributed by atoms with Gasteiger partial charge in [-0.05, 0) is 30.4 Å². The van der Waals surface area contributed by atoms with E-state index in [-0.39, 0.29) is 16.5 Å². The lowest BCUT2D eigenvalue weighted by Crippen LogP contribution is -2.31. The van der Waals surface area contributed by atoms with Crippen LogP contribution < -0.4 is 16.4 Å². The van der Waals surface area contributed by atoms with E-state index < -0.39 is 0 Å². The van der Waals surface area contributed by atoms with E-state index in [9.17, 15) is 9.59 Å². The lowest BCUT2D eigenvalue weighted by atomic mass is 9.87. The molecule has 1 saturated carbocycles. The number of fused-ring (bicyclic) bond motifs is 1. The second-order valence-electron chi connectivity index (χ2n) is 6.21. The van der Waals surface area contributed by atoms with Crippen molar-refractivity contribution in [3.05, 3.63) is 38.9 Å². The predicted octanol–water partition coefficient (Wildman–Crippen LogP) is 2.21. The van der Waals surface area contributed by atoms with Crippen LogP contribution in [0.1, 0.15) is 33.1 Å². The van der Waals surface area contributed by atoms with Gasteiger partial charge in [0.1, 0.15) is 0 Å². The number of aromatic amines is 2. The zero-order valence-corrected chi connectivity index (χ0v) is 11.7. The van der Waals surface area contributed by atoms with Crippen LogP contribution in [0.15, 0.2) is 27.8 Å². The minimum absolute atomic E-state index is 0.204. The summed E-state index contributed by atoms with van der Waals surface area (Å²) in [6.07, 6.45) is 3.45. The summed E-state index contributed by atoms with van der Waals surface area (Å²) < 4.78 is 0. The maximum atomic E-state index is 12.0. The summed E-state index contributed by atoms with van der Waals surface area (Å²) >= 11 is 0. The van der Waals surface area contributed by atoms with Crippen LogP contribution in [0.3, 0.4) is 0 Å². The van der Waals surface area contributed by atoms with Crippen LogP contribution in [0.2, 0.25) is 0 Å². The number of anilines is 1. The van der Waals surface area contributed by atoms with Crippen molar-refractivity contribution in [2.45, 2.75) is 39.2 Å². The smallest absolute Gasteiger partial charge is 0.272 e. The molecule has 5 nitrogen and oxygen atoms in total. The molecular formula is C15H19N3O2. The monoisotopic (exact) mass is 273 g/mol. The third kappa shape index (κ3) is 2.03. The van der Waals surface area contributed by atoms with Crippen LogP contribution in [0.5, 0.6) is 0 Å². The Morgan fingerprint density at radius 3 is 2.65 bits per heavy atom. The number of hydrogen-bond donors (Lipinski definition) is 3. The Kier molecular flexibility index (Phi) is 2.92. The maximum Gasteiger partial charge on any atom is 0.272 e. The minimum Gasteiger partial charge on any atom is -0.381 e. The molecule has 0 saturated heterocycles. The number of benzene rings is 1. The SMILES string of the molecule is CC1(C)CCCC1Nc1cccc2c(=O)[nH][nH]c(=O)c12. The number of H-pyrrole nitrogens is 2. The Balaban J connectivity index is 2.11. The summed E-state index contributed by atoms with van der Waals surface area (Å²) in [5.74, 6) is 0. The van der Waals surface area contributed by atoms with Gasteiger partial charge in [-0.1, -0.05) is 26.3 Å². The number of aromatic nitrogens is 2. The van der Waals surface area contributed by atoms with Crippen molar-refractivity contribution in [2.24, 2.45) is 5.41 Å². The van der Waals surface area contributed by atoms with Gasteiger partial charge in [-0.2, -0.15) is 0 Å².